The van der Waals surface area contributed by atoms with E-state index in [0.717, 1.165) is 36.9 Å². The monoisotopic (exact) mass is 474 g/mol. The minimum Gasteiger partial charge on any atom is -0.443 e. The molecule has 146 valence electrons. The van der Waals surface area contributed by atoms with Crippen LogP contribution in [0.4, 0.5) is 0 Å². The highest BCUT2D eigenvalue weighted by Gasteiger charge is 2.19. The second kappa shape index (κ2) is 9.94. The number of aliphatic imine (C=N–C) groups is 1. The molecule has 0 fully saturated rings. The number of nitrogens with zero attached hydrogens (tertiary/aromatic N) is 4. The molecule has 2 rings (SSSR count). The van der Waals surface area contributed by atoms with Crippen LogP contribution in [-0.2, 0) is 18.5 Å². The number of guanidine groups is 1. The first-order chi connectivity index (χ1) is 11.8. The van der Waals surface area contributed by atoms with Gasteiger partial charge in [0.2, 0.25) is 5.89 Å². The standard InChI is InChI=1S/C18H30N6O.HI/c1-13-10-14(2)24(23-13)9-7-8-20-17(19-6)22-12-16-21-11-15(25-16)18(3,4)5;/h10-11H,7-9,12H2,1-6H3,(H2,19,20,22);1H. The maximum Gasteiger partial charge on any atom is 0.213 e. The van der Waals surface area contributed by atoms with Crippen molar-refractivity contribution in [2.24, 2.45) is 4.99 Å². The summed E-state index contributed by atoms with van der Waals surface area (Å²) in [5.74, 6) is 2.29. The van der Waals surface area contributed by atoms with Gasteiger partial charge in [0, 0.05) is 31.2 Å². The lowest BCUT2D eigenvalue weighted by Crippen LogP contribution is -2.37. The third-order valence-corrected chi connectivity index (χ3v) is 3.87. The molecule has 0 aromatic carbocycles. The van der Waals surface area contributed by atoms with Crippen molar-refractivity contribution in [3.63, 3.8) is 0 Å². The SMILES string of the molecule is CN=C(NCCCn1nc(C)cc1C)NCc1ncc(C(C)(C)C)o1.I. The molecule has 0 atom stereocenters. The number of rotatable bonds is 6. The van der Waals surface area contributed by atoms with Gasteiger partial charge in [0.1, 0.15) is 5.76 Å². The minimum absolute atomic E-state index is 0. The predicted octanol–water partition coefficient (Wildman–Crippen LogP) is 3.16. The van der Waals surface area contributed by atoms with Gasteiger partial charge in [-0.15, -0.1) is 24.0 Å². The summed E-state index contributed by atoms with van der Waals surface area (Å²) in [4.78, 5) is 8.54. The molecule has 0 radical (unpaired) electrons. The lowest BCUT2D eigenvalue weighted by molar-refractivity contribution is 0.379. The van der Waals surface area contributed by atoms with Crippen LogP contribution in [0.5, 0.6) is 0 Å². The highest BCUT2D eigenvalue weighted by molar-refractivity contribution is 14.0. The zero-order valence-electron chi connectivity index (χ0n) is 16.6. The number of halogens is 1. The Bertz CT molecular complexity index is 714. The summed E-state index contributed by atoms with van der Waals surface area (Å²) in [6.45, 7) is 12.6. The molecule has 0 spiro atoms. The average molecular weight is 474 g/mol. The summed E-state index contributed by atoms with van der Waals surface area (Å²) in [5.41, 5.74) is 2.22. The third-order valence-electron chi connectivity index (χ3n) is 3.87. The van der Waals surface area contributed by atoms with Gasteiger partial charge < -0.3 is 15.1 Å². The van der Waals surface area contributed by atoms with Gasteiger partial charge in [-0.2, -0.15) is 5.10 Å². The Hall–Kier alpha value is -1.58. The lowest BCUT2D eigenvalue weighted by Gasteiger charge is -2.13. The van der Waals surface area contributed by atoms with Crippen LogP contribution in [0.3, 0.4) is 0 Å². The fraction of sp³-hybridized carbons (Fsp3) is 0.611. The van der Waals surface area contributed by atoms with E-state index in [1.807, 2.05) is 11.6 Å². The number of hydrogen-bond acceptors (Lipinski definition) is 4. The molecule has 0 aliphatic heterocycles. The molecule has 0 saturated carbocycles. The summed E-state index contributed by atoms with van der Waals surface area (Å²) < 4.78 is 7.81. The van der Waals surface area contributed by atoms with Crippen LogP contribution in [0.15, 0.2) is 21.7 Å². The average Bonchev–Trinajstić information content (AvgIpc) is 3.13. The third kappa shape index (κ3) is 6.62. The van der Waals surface area contributed by atoms with Crippen LogP contribution < -0.4 is 10.6 Å². The summed E-state index contributed by atoms with van der Waals surface area (Å²) in [6.07, 6.45) is 2.76. The molecule has 0 bridgehead atoms. The van der Waals surface area contributed by atoms with Crippen LogP contribution in [0.2, 0.25) is 0 Å². The van der Waals surface area contributed by atoms with Gasteiger partial charge in [0.05, 0.1) is 18.4 Å². The molecule has 8 heteroatoms. The van der Waals surface area contributed by atoms with E-state index >= 15 is 0 Å². The van der Waals surface area contributed by atoms with Crippen molar-refractivity contribution < 1.29 is 4.42 Å². The van der Waals surface area contributed by atoms with Gasteiger partial charge in [0.15, 0.2) is 5.96 Å². The predicted molar refractivity (Wildman–Crippen MR) is 115 cm³/mol. The van der Waals surface area contributed by atoms with Gasteiger partial charge in [-0.3, -0.25) is 9.67 Å². The van der Waals surface area contributed by atoms with Crippen LogP contribution in [0, 0.1) is 13.8 Å². The number of oxazole rings is 1. The molecular formula is C18H31IN6O. The quantitative estimate of drug-likeness (QED) is 0.291. The molecule has 0 aliphatic carbocycles. The van der Waals surface area contributed by atoms with E-state index in [-0.39, 0.29) is 29.4 Å². The van der Waals surface area contributed by atoms with Crippen LogP contribution in [0.1, 0.15) is 50.2 Å². The van der Waals surface area contributed by atoms with E-state index in [0.29, 0.717) is 12.4 Å². The number of aromatic nitrogens is 3. The molecule has 2 aromatic heterocycles. The van der Waals surface area contributed by atoms with E-state index < -0.39 is 0 Å². The Morgan fingerprint density at radius 3 is 2.54 bits per heavy atom. The maximum absolute atomic E-state index is 5.77. The first-order valence-electron chi connectivity index (χ1n) is 8.70. The molecule has 0 unspecified atom stereocenters. The summed E-state index contributed by atoms with van der Waals surface area (Å²) in [7, 11) is 1.76. The number of nitrogens with one attached hydrogen (secondary N) is 2. The molecule has 2 heterocycles. The van der Waals surface area contributed by atoms with E-state index in [1.165, 1.54) is 5.69 Å². The molecule has 7 nitrogen and oxygen atoms in total. The zero-order chi connectivity index (χ0) is 18.4. The van der Waals surface area contributed by atoms with Crippen molar-refractivity contribution in [2.45, 2.75) is 59.5 Å². The Morgan fingerprint density at radius 1 is 1.27 bits per heavy atom. The Morgan fingerprint density at radius 2 is 2.00 bits per heavy atom. The van der Waals surface area contributed by atoms with Gasteiger partial charge in [-0.1, -0.05) is 20.8 Å². The molecule has 0 saturated heterocycles. The van der Waals surface area contributed by atoms with Crippen molar-refractivity contribution in [3.8, 4) is 0 Å². The largest absolute Gasteiger partial charge is 0.443 e. The lowest BCUT2D eigenvalue weighted by atomic mass is 9.94. The topological polar surface area (TPSA) is 80.3 Å². The molecular weight excluding hydrogens is 443 g/mol. The Balaban J connectivity index is 0.00000338. The van der Waals surface area contributed by atoms with Gasteiger partial charge >= 0.3 is 0 Å². The molecule has 0 aliphatic rings. The van der Waals surface area contributed by atoms with Crippen LogP contribution in [-0.4, -0.2) is 34.3 Å². The van der Waals surface area contributed by atoms with E-state index in [1.54, 1.807) is 13.2 Å². The van der Waals surface area contributed by atoms with Crippen molar-refractivity contribution in [3.05, 3.63) is 35.3 Å². The second-order valence-electron chi connectivity index (χ2n) is 7.22. The smallest absolute Gasteiger partial charge is 0.213 e. The fourth-order valence-corrected chi connectivity index (χ4v) is 2.46. The molecule has 0 amide bonds. The van der Waals surface area contributed by atoms with Crippen molar-refractivity contribution in [1.82, 2.24) is 25.4 Å². The van der Waals surface area contributed by atoms with Gasteiger partial charge in [-0.25, -0.2) is 4.98 Å². The number of aryl methyl sites for hydroxylation is 3. The van der Waals surface area contributed by atoms with Crippen molar-refractivity contribution in [2.75, 3.05) is 13.6 Å². The van der Waals surface area contributed by atoms with E-state index in [9.17, 15) is 0 Å². The Labute approximate surface area is 173 Å². The summed E-state index contributed by atoms with van der Waals surface area (Å²) in [5, 5.41) is 11.0. The van der Waals surface area contributed by atoms with E-state index in [2.05, 4.69) is 59.5 Å². The normalized spacial score (nSPS) is 12.0. The molecule has 2 N–H and O–H groups in total. The van der Waals surface area contributed by atoms with E-state index in [4.69, 9.17) is 4.42 Å². The van der Waals surface area contributed by atoms with Crippen LogP contribution >= 0.6 is 24.0 Å². The Kier molecular flexibility index (Phi) is 8.58. The van der Waals surface area contributed by atoms with Gasteiger partial charge in [0.25, 0.3) is 0 Å². The minimum atomic E-state index is -0.0336. The highest BCUT2D eigenvalue weighted by atomic mass is 127. The highest BCUT2D eigenvalue weighted by Crippen LogP contribution is 2.22. The summed E-state index contributed by atoms with van der Waals surface area (Å²) >= 11 is 0. The first-order valence-corrected chi connectivity index (χ1v) is 8.70. The van der Waals surface area contributed by atoms with Gasteiger partial charge in [-0.05, 0) is 26.3 Å². The number of hydrogen-bond donors (Lipinski definition) is 2. The van der Waals surface area contributed by atoms with Crippen molar-refractivity contribution in [1.29, 1.82) is 0 Å². The second-order valence-corrected chi connectivity index (χ2v) is 7.22. The molecule has 2 aromatic rings. The zero-order valence-corrected chi connectivity index (χ0v) is 18.9. The molecule has 26 heavy (non-hydrogen) atoms. The first kappa shape index (κ1) is 22.5. The van der Waals surface area contributed by atoms with Crippen molar-refractivity contribution >= 4 is 29.9 Å². The van der Waals surface area contributed by atoms with Crippen LogP contribution in [0.25, 0.3) is 0 Å². The maximum atomic E-state index is 5.77. The fourth-order valence-electron chi connectivity index (χ4n) is 2.46. The summed E-state index contributed by atoms with van der Waals surface area (Å²) in [6, 6.07) is 2.09.